The second-order valence-electron chi connectivity index (χ2n) is 4.83. The average Bonchev–Trinajstić information content (AvgIpc) is 2.53. The number of carbonyl (C=O) groups is 1. The summed E-state index contributed by atoms with van der Waals surface area (Å²) in [6.07, 6.45) is 0.218. The second kappa shape index (κ2) is 5.38. The van der Waals surface area contributed by atoms with Crippen molar-refractivity contribution in [3.63, 3.8) is 0 Å². The summed E-state index contributed by atoms with van der Waals surface area (Å²) in [5.41, 5.74) is 1.84. The van der Waals surface area contributed by atoms with Crippen LogP contribution in [0.4, 0.5) is 0 Å². The molecular weight excluding hydrogens is 287 g/mol. The van der Waals surface area contributed by atoms with Gasteiger partial charge < -0.3 is 9.26 Å². The molecule has 0 radical (unpaired) electrons. The van der Waals surface area contributed by atoms with E-state index in [1.54, 1.807) is 6.07 Å². The topological polar surface area (TPSA) is 52.6 Å². The predicted octanol–water partition coefficient (Wildman–Crippen LogP) is 3.21. The number of ether oxygens (including phenoxy) is 1. The van der Waals surface area contributed by atoms with Crippen molar-refractivity contribution in [3.05, 3.63) is 48.5 Å². The fraction of sp³-hybridized carbons (Fsp3) is 0.188. The van der Waals surface area contributed by atoms with Gasteiger partial charge in [0.15, 0.2) is 0 Å². The molecule has 1 atom stereocenters. The molecule has 1 aliphatic rings. The predicted molar refractivity (Wildman–Crippen MR) is 81.2 cm³/mol. The quantitative estimate of drug-likeness (QED) is 0.645. The maximum atomic E-state index is 13.2. The maximum absolute atomic E-state index is 13.2. The molecule has 4 nitrogen and oxygen atoms in total. The molecule has 0 aromatic heterocycles. The second-order valence-corrected chi connectivity index (χ2v) is 7.29. The first-order valence-corrected chi connectivity index (χ1v) is 8.49. The molecule has 0 amide bonds. The highest BCUT2D eigenvalue weighted by molar-refractivity contribution is 7.67. The lowest BCUT2D eigenvalue weighted by molar-refractivity contribution is -0.140. The van der Waals surface area contributed by atoms with Crippen LogP contribution in [-0.2, 0) is 14.1 Å². The van der Waals surface area contributed by atoms with E-state index in [2.05, 4.69) is 4.74 Å². The van der Waals surface area contributed by atoms with Gasteiger partial charge in [-0.3, -0.25) is 9.36 Å². The molecule has 5 heteroatoms. The number of rotatable bonds is 3. The molecule has 0 bridgehead atoms. The van der Waals surface area contributed by atoms with E-state index in [0.29, 0.717) is 11.1 Å². The van der Waals surface area contributed by atoms with E-state index in [4.69, 9.17) is 4.52 Å². The van der Waals surface area contributed by atoms with Gasteiger partial charge in [0.2, 0.25) is 0 Å². The number of methoxy groups -OCH3 is 1. The van der Waals surface area contributed by atoms with Gasteiger partial charge in [-0.25, -0.2) is 0 Å². The molecule has 1 aliphatic heterocycles. The third-order valence-electron chi connectivity index (χ3n) is 3.53. The highest BCUT2D eigenvalue weighted by Gasteiger charge is 2.35. The van der Waals surface area contributed by atoms with Crippen LogP contribution in [-0.4, -0.2) is 19.2 Å². The van der Waals surface area contributed by atoms with Gasteiger partial charge in [-0.15, -0.1) is 0 Å². The van der Waals surface area contributed by atoms with Crippen molar-refractivity contribution in [1.29, 1.82) is 0 Å². The Labute approximate surface area is 123 Å². The van der Waals surface area contributed by atoms with Crippen LogP contribution in [0, 0.1) is 0 Å². The zero-order valence-electron chi connectivity index (χ0n) is 11.6. The van der Waals surface area contributed by atoms with Crippen molar-refractivity contribution < 1.29 is 18.6 Å². The van der Waals surface area contributed by atoms with Crippen LogP contribution < -0.4 is 9.83 Å². The fourth-order valence-electron chi connectivity index (χ4n) is 2.48. The standard InChI is InChI=1S/C16H15O4P/c1-19-16(17)10-11-21(18)15-9-5-3-7-13(15)12-6-2-4-8-14(12)20-21/h2-9H,10-11H2,1H3/t21-/m1/s1. The van der Waals surface area contributed by atoms with Gasteiger partial charge in [-0.05, 0) is 17.7 Å². The first-order valence-electron chi connectivity index (χ1n) is 6.68. The van der Waals surface area contributed by atoms with E-state index in [9.17, 15) is 9.36 Å². The van der Waals surface area contributed by atoms with Crippen LogP contribution in [0.25, 0.3) is 11.1 Å². The van der Waals surface area contributed by atoms with Crippen molar-refractivity contribution in [1.82, 2.24) is 0 Å². The van der Waals surface area contributed by atoms with Crippen LogP contribution in [0.15, 0.2) is 48.5 Å². The van der Waals surface area contributed by atoms with Crippen LogP contribution in [0.2, 0.25) is 0 Å². The van der Waals surface area contributed by atoms with E-state index >= 15 is 0 Å². The van der Waals surface area contributed by atoms with Gasteiger partial charge in [-0.1, -0.05) is 36.4 Å². The van der Waals surface area contributed by atoms with Crippen molar-refractivity contribution in [2.45, 2.75) is 6.42 Å². The van der Waals surface area contributed by atoms with Gasteiger partial charge >= 0.3 is 5.97 Å². The Balaban J connectivity index is 2.05. The Kier molecular flexibility index (Phi) is 3.56. The number of para-hydroxylation sites is 1. The van der Waals surface area contributed by atoms with Crippen LogP contribution in [0.3, 0.4) is 0 Å². The number of carbonyl (C=O) groups excluding carboxylic acids is 1. The SMILES string of the molecule is COC(=O)CC[P@@]1(=O)Oc2ccccc2-c2ccccc21. The van der Waals surface area contributed by atoms with E-state index in [1.807, 2.05) is 42.5 Å². The Bertz CT molecular complexity index is 739. The monoisotopic (exact) mass is 302 g/mol. The molecule has 3 rings (SSSR count). The van der Waals surface area contributed by atoms with E-state index in [1.165, 1.54) is 7.11 Å². The molecule has 21 heavy (non-hydrogen) atoms. The average molecular weight is 302 g/mol. The summed E-state index contributed by atoms with van der Waals surface area (Å²) in [6.45, 7) is 0. The minimum Gasteiger partial charge on any atom is -0.469 e. The fourth-order valence-corrected chi connectivity index (χ4v) is 4.74. The minimum absolute atomic E-state index is 0.0737. The normalized spacial score (nSPS) is 19.1. The van der Waals surface area contributed by atoms with Crippen LogP contribution in [0.1, 0.15) is 6.42 Å². The van der Waals surface area contributed by atoms with Crippen LogP contribution in [0.5, 0.6) is 5.75 Å². The molecule has 0 spiro atoms. The third-order valence-corrected chi connectivity index (χ3v) is 5.96. The highest BCUT2D eigenvalue weighted by Crippen LogP contribution is 2.54. The number of hydrogen-bond acceptors (Lipinski definition) is 4. The summed E-state index contributed by atoms with van der Waals surface area (Å²) in [6, 6.07) is 15.0. The van der Waals surface area contributed by atoms with Gasteiger partial charge in [0.1, 0.15) is 5.75 Å². The van der Waals surface area contributed by atoms with E-state index in [-0.39, 0.29) is 18.6 Å². The lowest BCUT2D eigenvalue weighted by Crippen LogP contribution is -2.21. The first-order chi connectivity index (χ1) is 10.1. The number of esters is 1. The molecule has 2 aromatic rings. The van der Waals surface area contributed by atoms with Gasteiger partial charge in [0.05, 0.1) is 18.8 Å². The number of benzene rings is 2. The molecular formula is C16H15O4P. The van der Waals surface area contributed by atoms with Gasteiger partial charge in [0, 0.05) is 11.7 Å². The Hall–Kier alpha value is -2.06. The Morgan fingerprint density at radius 2 is 1.76 bits per heavy atom. The summed E-state index contributed by atoms with van der Waals surface area (Å²) in [5, 5.41) is 0.674. The Morgan fingerprint density at radius 3 is 2.52 bits per heavy atom. The number of fused-ring (bicyclic) bond motifs is 3. The van der Waals surface area contributed by atoms with E-state index in [0.717, 1.165) is 11.1 Å². The van der Waals surface area contributed by atoms with Crippen molar-refractivity contribution in [2.75, 3.05) is 13.3 Å². The van der Waals surface area contributed by atoms with Crippen LogP contribution >= 0.6 is 7.37 Å². The van der Waals surface area contributed by atoms with Gasteiger partial charge in [0.25, 0.3) is 7.37 Å². The molecule has 0 aliphatic carbocycles. The molecule has 0 fully saturated rings. The van der Waals surface area contributed by atoms with Gasteiger partial charge in [-0.2, -0.15) is 0 Å². The van der Waals surface area contributed by atoms with Crippen molar-refractivity contribution in [2.24, 2.45) is 0 Å². The summed E-state index contributed by atoms with van der Waals surface area (Å²) in [5.74, 6) is 0.217. The summed E-state index contributed by atoms with van der Waals surface area (Å²) < 4.78 is 23.6. The summed E-state index contributed by atoms with van der Waals surface area (Å²) >= 11 is 0. The molecule has 1 heterocycles. The lowest BCUT2D eigenvalue weighted by Gasteiger charge is -2.28. The molecule has 0 unspecified atom stereocenters. The highest BCUT2D eigenvalue weighted by atomic mass is 31.2. The zero-order valence-corrected chi connectivity index (χ0v) is 12.5. The molecule has 0 N–H and O–H groups in total. The minimum atomic E-state index is -3.10. The molecule has 0 saturated heterocycles. The molecule has 2 aromatic carbocycles. The van der Waals surface area contributed by atoms with E-state index < -0.39 is 7.37 Å². The molecule has 108 valence electrons. The number of hydrogen-bond donors (Lipinski definition) is 0. The summed E-state index contributed by atoms with van der Waals surface area (Å²) in [7, 11) is -1.78. The Morgan fingerprint density at radius 1 is 1.10 bits per heavy atom. The van der Waals surface area contributed by atoms with Crippen molar-refractivity contribution >= 4 is 18.6 Å². The largest absolute Gasteiger partial charge is 0.469 e. The molecule has 0 saturated carbocycles. The first kappa shape index (κ1) is 13.9. The lowest BCUT2D eigenvalue weighted by atomic mass is 10.0. The summed E-state index contributed by atoms with van der Waals surface area (Å²) in [4.78, 5) is 11.4. The smallest absolute Gasteiger partial charge is 0.306 e. The maximum Gasteiger partial charge on any atom is 0.306 e. The van der Waals surface area contributed by atoms with Crippen molar-refractivity contribution in [3.8, 4) is 16.9 Å². The zero-order chi connectivity index (χ0) is 14.9. The third kappa shape index (κ3) is 2.47.